The molecule has 2 atom stereocenters. The highest BCUT2D eigenvalue weighted by Gasteiger charge is 2.21. The van der Waals surface area contributed by atoms with Crippen LogP contribution in [0, 0.1) is 5.92 Å². The van der Waals surface area contributed by atoms with Crippen LogP contribution in [0.1, 0.15) is 20.8 Å². The Hall–Kier alpha value is -1.14. The van der Waals surface area contributed by atoms with Gasteiger partial charge < -0.3 is 15.4 Å². The second kappa shape index (κ2) is 8.03. The van der Waals surface area contributed by atoms with Gasteiger partial charge in [-0.1, -0.05) is 13.8 Å². The molecule has 0 rings (SSSR count). The molecule has 0 aliphatic heterocycles. The average Bonchev–Trinajstić information content (AvgIpc) is 2.27. The summed E-state index contributed by atoms with van der Waals surface area (Å²) in [4.78, 5) is 22.6. The second-order valence-corrected chi connectivity index (χ2v) is 4.26. The fourth-order valence-electron chi connectivity index (χ4n) is 1.29. The summed E-state index contributed by atoms with van der Waals surface area (Å²) in [5.74, 6) is -0.0173. The molecule has 0 aromatic rings. The number of amides is 3. The van der Waals surface area contributed by atoms with Gasteiger partial charge in [0.25, 0.3) is 0 Å². The third-order valence-electron chi connectivity index (χ3n) is 2.47. The highest BCUT2D eigenvalue weighted by atomic mass is 16.5. The Morgan fingerprint density at radius 1 is 1.24 bits per heavy atom. The summed E-state index contributed by atoms with van der Waals surface area (Å²) in [6.45, 7) is 6.32. The van der Waals surface area contributed by atoms with E-state index < -0.39 is 12.1 Å². The van der Waals surface area contributed by atoms with Gasteiger partial charge >= 0.3 is 6.03 Å². The lowest BCUT2D eigenvalue weighted by Crippen LogP contribution is -2.52. The van der Waals surface area contributed by atoms with E-state index in [4.69, 9.17) is 4.74 Å². The molecule has 100 valence electrons. The molecular formula is C11H23N3O3. The van der Waals surface area contributed by atoms with Crippen molar-refractivity contribution in [3.8, 4) is 0 Å². The number of carbonyl (C=O) groups is 2. The fourth-order valence-corrected chi connectivity index (χ4v) is 1.29. The van der Waals surface area contributed by atoms with Crippen LogP contribution in [0.4, 0.5) is 4.79 Å². The molecule has 0 radical (unpaired) electrons. The van der Waals surface area contributed by atoms with Gasteiger partial charge in [-0.2, -0.15) is 0 Å². The largest absolute Gasteiger partial charge is 0.383 e. The Morgan fingerprint density at radius 2 is 1.82 bits per heavy atom. The number of nitrogens with one attached hydrogen (secondary N) is 3. The summed E-state index contributed by atoms with van der Waals surface area (Å²) in [5.41, 5.74) is 0. The maximum Gasteiger partial charge on any atom is 0.321 e. The number of methoxy groups -OCH3 is 1. The van der Waals surface area contributed by atoms with E-state index in [9.17, 15) is 9.59 Å². The fraction of sp³-hybridized carbons (Fsp3) is 0.818. The van der Waals surface area contributed by atoms with Crippen molar-refractivity contribution in [2.75, 3.05) is 20.8 Å². The highest BCUT2D eigenvalue weighted by Crippen LogP contribution is 2.03. The minimum absolute atomic E-state index is 0.0745. The topological polar surface area (TPSA) is 79.5 Å². The first kappa shape index (κ1) is 15.9. The minimum atomic E-state index is -0.503. The van der Waals surface area contributed by atoms with Gasteiger partial charge in [0.1, 0.15) is 0 Å². The summed E-state index contributed by atoms with van der Waals surface area (Å²) >= 11 is 0. The van der Waals surface area contributed by atoms with E-state index in [1.54, 1.807) is 14.0 Å². The van der Waals surface area contributed by atoms with Crippen molar-refractivity contribution >= 4 is 11.9 Å². The lowest BCUT2D eigenvalue weighted by molar-refractivity contribution is -0.122. The SMILES string of the molecule is CNC(=O)NC(=O)C(C)NC(COC)C(C)C. The molecule has 0 aromatic carbocycles. The van der Waals surface area contributed by atoms with Gasteiger partial charge in [-0.3, -0.25) is 10.1 Å². The third kappa shape index (κ3) is 6.23. The van der Waals surface area contributed by atoms with Gasteiger partial charge in [0, 0.05) is 20.2 Å². The van der Waals surface area contributed by atoms with Gasteiger partial charge in [0.05, 0.1) is 12.6 Å². The molecule has 17 heavy (non-hydrogen) atoms. The van der Waals surface area contributed by atoms with E-state index in [1.165, 1.54) is 7.05 Å². The molecule has 0 aliphatic rings. The summed E-state index contributed by atoms with van der Waals surface area (Å²) < 4.78 is 5.07. The number of hydrogen-bond donors (Lipinski definition) is 3. The lowest BCUT2D eigenvalue weighted by atomic mass is 10.0. The maximum absolute atomic E-state index is 11.6. The van der Waals surface area contributed by atoms with Crippen LogP contribution in [-0.4, -0.2) is 44.8 Å². The zero-order valence-corrected chi connectivity index (χ0v) is 11.2. The molecule has 0 spiro atoms. The van der Waals surface area contributed by atoms with Crippen molar-refractivity contribution in [2.45, 2.75) is 32.9 Å². The van der Waals surface area contributed by atoms with Gasteiger partial charge in [-0.05, 0) is 12.8 Å². The zero-order valence-electron chi connectivity index (χ0n) is 11.2. The number of urea groups is 1. The van der Waals surface area contributed by atoms with Crippen LogP contribution < -0.4 is 16.0 Å². The van der Waals surface area contributed by atoms with Gasteiger partial charge in [-0.15, -0.1) is 0 Å². The van der Waals surface area contributed by atoms with Gasteiger partial charge in [0.2, 0.25) is 5.91 Å². The van der Waals surface area contributed by atoms with Crippen molar-refractivity contribution in [1.29, 1.82) is 0 Å². The molecule has 2 unspecified atom stereocenters. The Labute approximate surface area is 102 Å². The number of hydrogen-bond acceptors (Lipinski definition) is 4. The van der Waals surface area contributed by atoms with Gasteiger partial charge in [-0.25, -0.2) is 4.79 Å². The van der Waals surface area contributed by atoms with Crippen molar-refractivity contribution in [3.05, 3.63) is 0 Å². The molecule has 3 amide bonds. The van der Waals surface area contributed by atoms with E-state index in [0.717, 1.165) is 0 Å². The molecule has 0 aliphatic carbocycles. The van der Waals surface area contributed by atoms with Crippen molar-refractivity contribution in [3.63, 3.8) is 0 Å². The normalized spacial score (nSPS) is 14.2. The predicted molar refractivity (Wildman–Crippen MR) is 65.7 cm³/mol. The molecule has 0 saturated heterocycles. The van der Waals surface area contributed by atoms with Crippen LogP contribution in [0.5, 0.6) is 0 Å². The van der Waals surface area contributed by atoms with E-state index in [0.29, 0.717) is 12.5 Å². The van der Waals surface area contributed by atoms with Crippen molar-refractivity contribution in [1.82, 2.24) is 16.0 Å². The molecule has 0 heterocycles. The van der Waals surface area contributed by atoms with Gasteiger partial charge in [0.15, 0.2) is 0 Å². The summed E-state index contributed by atoms with van der Waals surface area (Å²) in [6.07, 6.45) is 0. The first-order valence-electron chi connectivity index (χ1n) is 5.69. The zero-order chi connectivity index (χ0) is 13.4. The van der Waals surface area contributed by atoms with Crippen LogP contribution >= 0.6 is 0 Å². The maximum atomic E-state index is 11.6. The van der Waals surface area contributed by atoms with Crippen LogP contribution in [0.2, 0.25) is 0 Å². The first-order chi connectivity index (χ1) is 7.92. The average molecular weight is 245 g/mol. The van der Waals surface area contributed by atoms with Crippen molar-refractivity contribution in [2.24, 2.45) is 5.92 Å². The van der Waals surface area contributed by atoms with Crippen molar-refractivity contribution < 1.29 is 14.3 Å². The Morgan fingerprint density at radius 3 is 2.24 bits per heavy atom. The summed E-state index contributed by atoms with van der Waals surface area (Å²) in [6, 6.07) is -0.878. The van der Waals surface area contributed by atoms with E-state index in [-0.39, 0.29) is 11.9 Å². The molecule has 3 N–H and O–H groups in total. The second-order valence-electron chi connectivity index (χ2n) is 4.26. The molecular weight excluding hydrogens is 222 g/mol. The number of ether oxygens (including phenoxy) is 1. The Balaban J connectivity index is 4.24. The van der Waals surface area contributed by atoms with E-state index in [1.807, 2.05) is 13.8 Å². The third-order valence-corrected chi connectivity index (χ3v) is 2.47. The number of imide groups is 1. The van der Waals surface area contributed by atoms with E-state index >= 15 is 0 Å². The number of carbonyl (C=O) groups excluding carboxylic acids is 2. The molecule has 0 fully saturated rings. The van der Waals surface area contributed by atoms with Crippen LogP contribution in [0.15, 0.2) is 0 Å². The minimum Gasteiger partial charge on any atom is -0.383 e. The van der Waals surface area contributed by atoms with Crippen LogP contribution in [-0.2, 0) is 9.53 Å². The monoisotopic (exact) mass is 245 g/mol. The summed E-state index contributed by atoms with van der Waals surface area (Å²) in [7, 11) is 3.08. The molecule has 0 aromatic heterocycles. The molecule has 0 bridgehead atoms. The Kier molecular flexibility index (Phi) is 7.49. The smallest absolute Gasteiger partial charge is 0.321 e. The molecule has 0 saturated carbocycles. The lowest BCUT2D eigenvalue weighted by Gasteiger charge is -2.25. The summed E-state index contributed by atoms with van der Waals surface area (Å²) in [5, 5.41) is 7.68. The number of rotatable bonds is 6. The Bertz CT molecular complexity index is 256. The molecule has 6 heteroatoms. The van der Waals surface area contributed by atoms with Crippen LogP contribution in [0.25, 0.3) is 0 Å². The highest BCUT2D eigenvalue weighted by molar-refractivity contribution is 5.96. The predicted octanol–water partition coefficient (Wildman–Crippen LogP) is 0.0911. The molecule has 6 nitrogen and oxygen atoms in total. The van der Waals surface area contributed by atoms with Crippen LogP contribution in [0.3, 0.4) is 0 Å². The quantitative estimate of drug-likeness (QED) is 0.619. The standard InChI is InChI=1S/C11H23N3O3/c1-7(2)9(6-17-5)13-8(3)10(15)14-11(16)12-4/h7-9,13H,6H2,1-5H3,(H2,12,14,15,16). The first-order valence-corrected chi connectivity index (χ1v) is 5.69. The van der Waals surface area contributed by atoms with E-state index in [2.05, 4.69) is 16.0 Å².